The van der Waals surface area contributed by atoms with Crippen LogP contribution in [-0.4, -0.2) is 5.84 Å². The Morgan fingerprint density at radius 3 is 2.65 bits per heavy atom. The maximum atomic E-state index is 14.2. The smallest absolute Gasteiger partial charge is 0.151 e. The maximum absolute atomic E-state index is 14.2. The van der Waals surface area contributed by atoms with Crippen molar-refractivity contribution in [1.29, 1.82) is 5.41 Å². The van der Waals surface area contributed by atoms with Gasteiger partial charge in [0, 0.05) is 16.2 Å². The molecule has 2 nitrogen and oxygen atoms in total. The summed E-state index contributed by atoms with van der Waals surface area (Å²) in [6, 6.07) is 11.4. The Kier molecular flexibility index (Phi) is 4.83. The van der Waals surface area contributed by atoms with Crippen molar-refractivity contribution in [3.8, 4) is 0 Å². The highest BCUT2D eigenvalue weighted by molar-refractivity contribution is 9.10. The topological polar surface area (TPSA) is 49.9 Å². The molecule has 0 aliphatic rings. The van der Waals surface area contributed by atoms with Crippen molar-refractivity contribution in [2.24, 2.45) is 5.73 Å². The molecule has 104 valence electrons. The summed E-state index contributed by atoms with van der Waals surface area (Å²) in [4.78, 5) is 0.546. The fraction of sp³-hybridized carbons (Fsp3) is 0.133. The average molecular weight is 353 g/mol. The first-order valence-corrected chi connectivity index (χ1v) is 7.78. The van der Waals surface area contributed by atoms with Crippen LogP contribution in [0.2, 0.25) is 0 Å². The predicted molar refractivity (Wildman–Crippen MR) is 85.9 cm³/mol. The van der Waals surface area contributed by atoms with Gasteiger partial charge < -0.3 is 5.73 Å². The lowest BCUT2D eigenvalue weighted by molar-refractivity contribution is 0.594. The van der Waals surface area contributed by atoms with Crippen LogP contribution in [0.3, 0.4) is 0 Å². The zero-order valence-electron chi connectivity index (χ0n) is 10.9. The number of rotatable bonds is 4. The van der Waals surface area contributed by atoms with E-state index in [-0.39, 0.29) is 16.1 Å². The summed E-state index contributed by atoms with van der Waals surface area (Å²) in [6.45, 7) is 2.04. The molecule has 0 radical (unpaired) electrons. The SMILES string of the molecule is Cc1ccccc1CSc1ccc(C(=N)N)c(Br)c1F. The zero-order chi connectivity index (χ0) is 14.7. The number of benzene rings is 2. The molecule has 0 amide bonds. The Morgan fingerprint density at radius 2 is 2.00 bits per heavy atom. The standard InChI is InChI=1S/C15H14BrFN2S/c1-9-4-2-3-5-10(9)8-20-12-7-6-11(15(18)19)13(16)14(12)17/h2-7H,8H2,1H3,(H3,18,19). The highest BCUT2D eigenvalue weighted by atomic mass is 79.9. The van der Waals surface area contributed by atoms with Crippen LogP contribution in [0.25, 0.3) is 0 Å². The van der Waals surface area contributed by atoms with Gasteiger partial charge in [-0.2, -0.15) is 0 Å². The van der Waals surface area contributed by atoms with Gasteiger partial charge in [0.25, 0.3) is 0 Å². The lowest BCUT2D eigenvalue weighted by Gasteiger charge is -2.09. The van der Waals surface area contributed by atoms with Crippen molar-refractivity contribution in [3.63, 3.8) is 0 Å². The summed E-state index contributed by atoms with van der Waals surface area (Å²) in [6.07, 6.45) is 0. The third-order valence-corrected chi connectivity index (χ3v) is 4.84. The molecule has 2 rings (SSSR count). The number of hydrogen-bond donors (Lipinski definition) is 2. The van der Waals surface area contributed by atoms with E-state index >= 15 is 0 Å². The van der Waals surface area contributed by atoms with Crippen molar-refractivity contribution >= 4 is 33.5 Å². The Morgan fingerprint density at radius 1 is 1.30 bits per heavy atom. The number of halogens is 2. The van der Waals surface area contributed by atoms with Crippen LogP contribution in [0.1, 0.15) is 16.7 Å². The van der Waals surface area contributed by atoms with Crippen molar-refractivity contribution in [1.82, 2.24) is 0 Å². The highest BCUT2D eigenvalue weighted by Gasteiger charge is 2.13. The van der Waals surface area contributed by atoms with E-state index in [2.05, 4.69) is 15.9 Å². The molecule has 0 fully saturated rings. The van der Waals surface area contributed by atoms with Gasteiger partial charge in [0.2, 0.25) is 0 Å². The molecule has 0 unspecified atom stereocenters. The first kappa shape index (κ1) is 15.1. The van der Waals surface area contributed by atoms with E-state index in [1.165, 1.54) is 22.9 Å². The van der Waals surface area contributed by atoms with E-state index in [0.717, 1.165) is 0 Å². The summed E-state index contributed by atoms with van der Waals surface area (Å²) < 4.78 is 14.5. The Balaban J connectivity index is 2.21. The maximum Gasteiger partial charge on any atom is 0.151 e. The molecule has 2 aromatic carbocycles. The Bertz CT molecular complexity index is 658. The minimum atomic E-state index is -0.365. The van der Waals surface area contributed by atoms with Crippen LogP contribution < -0.4 is 5.73 Å². The van der Waals surface area contributed by atoms with Gasteiger partial charge in [0.05, 0.1) is 4.47 Å². The normalized spacial score (nSPS) is 10.6. The number of amidine groups is 1. The van der Waals surface area contributed by atoms with Crippen LogP contribution in [0.15, 0.2) is 45.8 Å². The van der Waals surface area contributed by atoms with E-state index in [4.69, 9.17) is 11.1 Å². The Labute approximate surface area is 130 Å². The van der Waals surface area contributed by atoms with Crippen LogP contribution >= 0.6 is 27.7 Å². The molecule has 3 N–H and O–H groups in total. The first-order chi connectivity index (χ1) is 9.50. The molecule has 0 atom stereocenters. The summed E-state index contributed by atoms with van der Waals surface area (Å²) >= 11 is 4.60. The molecule has 0 aliphatic heterocycles. The van der Waals surface area contributed by atoms with Crippen molar-refractivity contribution in [2.45, 2.75) is 17.6 Å². The minimum Gasteiger partial charge on any atom is -0.384 e. The van der Waals surface area contributed by atoms with Crippen molar-refractivity contribution in [3.05, 3.63) is 63.4 Å². The van der Waals surface area contributed by atoms with Gasteiger partial charge in [0.1, 0.15) is 5.84 Å². The van der Waals surface area contributed by atoms with Crippen molar-refractivity contribution < 1.29 is 4.39 Å². The number of nitrogen functional groups attached to an aromatic ring is 1. The van der Waals surface area contributed by atoms with E-state index in [0.29, 0.717) is 16.2 Å². The second-order valence-corrected chi connectivity index (χ2v) is 6.18. The molecule has 0 saturated heterocycles. The van der Waals surface area contributed by atoms with E-state index < -0.39 is 0 Å². The third kappa shape index (κ3) is 3.22. The number of aryl methyl sites for hydroxylation is 1. The van der Waals surface area contributed by atoms with E-state index in [1.807, 2.05) is 31.2 Å². The largest absolute Gasteiger partial charge is 0.384 e. The third-order valence-electron chi connectivity index (χ3n) is 2.98. The highest BCUT2D eigenvalue weighted by Crippen LogP contribution is 2.32. The molecular weight excluding hydrogens is 339 g/mol. The number of nitrogens with one attached hydrogen (secondary N) is 1. The fourth-order valence-corrected chi connectivity index (χ4v) is 3.50. The monoisotopic (exact) mass is 352 g/mol. The molecule has 20 heavy (non-hydrogen) atoms. The lowest BCUT2D eigenvalue weighted by Crippen LogP contribution is -2.12. The lowest BCUT2D eigenvalue weighted by atomic mass is 10.1. The summed E-state index contributed by atoms with van der Waals surface area (Å²) in [5.41, 5.74) is 8.15. The summed E-state index contributed by atoms with van der Waals surface area (Å²) in [7, 11) is 0. The van der Waals surface area contributed by atoms with Gasteiger partial charge in [0.15, 0.2) is 5.82 Å². The number of hydrogen-bond acceptors (Lipinski definition) is 2. The van der Waals surface area contributed by atoms with Crippen molar-refractivity contribution in [2.75, 3.05) is 0 Å². The molecule has 0 spiro atoms. The Hall–Kier alpha value is -1.33. The van der Waals surface area contributed by atoms with E-state index in [9.17, 15) is 4.39 Å². The minimum absolute atomic E-state index is 0.147. The van der Waals surface area contributed by atoms with Gasteiger partial charge in [-0.25, -0.2) is 4.39 Å². The van der Waals surface area contributed by atoms with Gasteiger partial charge in [-0.15, -0.1) is 11.8 Å². The predicted octanol–water partition coefficient (Wildman–Crippen LogP) is 4.47. The number of nitrogens with two attached hydrogens (primary N) is 1. The quantitative estimate of drug-likeness (QED) is 0.484. The summed E-state index contributed by atoms with van der Waals surface area (Å²) in [5.74, 6) is 0.192. The van der Waals surface area contributed by atoms with Gasteiger partial charge in [-0.3, -0.25) is 5.41 Å². The first-order valence-electron chi connectivity index (χ1n) is 6.00. The van der Waals surface area contributed by atoms with Crippen LogP contribution in [0, 0.1) is 18.2 Å². The fourth-order valence-electron chi connectivity index (χ4n) is 1.78. The van der Waals surface area contributed by atoms with Crippen LogP contribution in [-0.2, 0) is 5.75 Å². The number of thioether (sulfide) groups is 1. The molecule has 5 heteroatoms. The zero-order valence-corrected chi connectivity index (χ0v) is 13.3. The van der Waals surface area contributed by atoms with Gasteiger partial charge in [-0.1, -0.05) is 24.3 Å². The van der Waals surface area contributed by atoms with E-state index in [1.54, 1.807) is 12.1 Å². The summed E-state index contributed by atoms with van der Waals surface area (Å²) in [5, 5.41) is 7.38. The molecule has 0 aliphatic carbocycles. The molecule has 0 heterocycles. The van der Waals surface area contributed by atoms with Gasteiger partial charge >= 0.3 is 0 Å². The molecule has 2 aromatic rings. The van der Waals surface area contributed by atoms with Gasteiger partial charge in [-0.05, 0) is 46.1 Å². The van der Waals surface area contributed by atoms with Crippen LogP contribution in [0.5, 0.6) is 0 Å². The molecule has 0 bridgehead atoms. The molecule has 0 aromatic heterocycles. The molecule has 0 saturated carbocycles. The second kappa shape index (κ2) is 6.41. The average Bonchev–Trinajstić information content (AvgIpc) is 2.41. The molecular formula is C15H14BrFN2S. The second-order valence-electron chi connectivity index (χ2n) is 4.37. The van der Waals surface area contributed by atoms with Crippen LogP contribution in [0.4, 0.5) is 4.39 Å².